The SMILES string of the molecule is Cc1ccc(C(F)(F)F)cc1N1CCN(C(=O)[C@H]2C[C@H]2c2ccc(S(F)(F)(F)(F)F)cc2)CC1. The Balaban J connectivity index is 1.37. The minimum Gasteiger partial charge on any atom is -0.368 e. The summed E-state index contributed by atoms with van der Waals surface area (Å²) in [5.41, 5.74) is 0.783. The molecule has 0 N–H and O–H groups in total. The summed E-state index contributed by atoms with van der Waals surface area (Å²) in [5, 5.41) is 0. The van der Waals surface area contributed by atoms with Crippen LogP contribution in [-0.4, -0.2) is 37.0 Å². The zero-order valence-corrected chi connectivity index (χ0v) is 18.8. The number of amides is 1. The molecule has 3 nitrogen and oxygen atoms in total. The topological polar surface area (TPSA) is 23.6 Å². The molecular formula is C22H22F8N2OS. The quantitative estimate of drug-likeness (QED) is 0.406. The van der Waals surface area contributed by atoms with Gasteiger partial charge in [0, 0.05) is 37.8 Å². The van der Waals surface area contributed by atoms with E-state index in [0.29, 0.717) is 61.5 Å². The molecule has 2 atom stereocenters. The molecule has 0 unspecified atom stereocenters. The Morgan fingerprint density at radius 1 is 0.912 bits per heavy atom. The van der Waals surface area contributed by atoms with Crippen molar-refractivity contribution in [3.05, 3.63) is 59.2 Å². The smallest absolute Gasteiger partial charge is 0.368 e. The van der Waals surface area contributed by atoms with E-state index in [1.807, 2.05) is 0 Å². The summed E-state index contributed by atoms with van der Waals surface area (Å²) in [5.74, 6) is -0.987. The fourth-order valence-electron chi connectivity index (χ4n) is 4.34. The molecule has 2 aromatic carbocycles. The second-order valence-corrected chi connectivity index (χ2v) is 11.2. The third-order valence-corrected chi connectivity index (χ3v) is 7.49. The first-order valence-corrected chi connectivity index (χ1v) is 12.4. The Morgan fingerprint density at radius 2 is 1.50 bits per heavy atom. The van der Waals surface area contributed by atoms with Crippen molar-refractivity contribution in [2.75, 3.05) is 31.1 Å². The van der Waals surface area contributed by atoms with Crippen LogP contribution in [0, 0.1) is 12.8 Å². The highest BCUT2D eigenvalue weighted by molar-refractivity contribution is 8.45. The molecule has 2 aliphatic rings. The standard InChI is InChI=1S/C22H22F8N2OS/c1-14-2-5-16(22(23,24)25)12-20(14)31-8-10-32(11-9-31)21(33)19-13-18(19)15-3-6-17(7-4-15)34(26,27,28,29)30/h2-7,12,18-19H,8-11,13H2,1H3/t18-,19-/m0/s1. The summed E-state index contributed by atoms with van der Waals surface area (Å²) in [4.78, 5) is 14.2. The number of rotatable bonds is 4. The van der Waals surface area contributed by atoms with Crippen molar-refractivity contribution in [3.63, 3.8) is 0 Å². The molecule has 2 fully saturated rings. The lowest BCUT2D eigenvalue weighted by Crippen LogP contribution is -2.49. The van der Waals surface area contributed by atoms with Crippen molar-refractivity contribution >= 4 is 21.8 Å². The van der Waals surface area contributed by atoms with E-state index < -0.39 is 32.8 Å². The summed E-state index contributed by atoms with van der Waals surface area (Å²) in [6.45, 7) is 2.97. The Bertz CT molecular complexity index is 1110. The number of halogens is 8. The molecule has 1 aliphatic heterocycles. The van der Waals surface area contributed by atoms with Crippen LogP contribution in [0.3, 0.4) is 0 Å². The number of nitrogens with zero attached hydrogens (tertiary/aromatic N) is 2. The van der Waals surface area contributed by atoms with Crippen LogP contribution < -0.4 is 4.90 Å². The maximum atomic E-state index is 13.1. The van der Waals surface area contributed by atoms with E-state index >= 15 is 0 Å². The van der Waals surface area contributed by atoms with Gasteiger partial charge >= 0.3 is 16.4 Å². The van der Waals surface area contributed by atoms with Gasteiger partial charge in [-0.1, -0.05) is 37.6 Å². The largest absolute Gasteiger partial charge is 0.416 e. The highest BCUT2D eigenvalue weighted by atomic mass is 32.5. The maximum Gasteiger partial charge on any atom is 0.416 e. The number of carbonyl (C=O) groups is 1. The van der Waals surface area contributed by atoms with Gasteiger partial charge in [-0.15, -0.1) is 0 Å². The zero-order chi connectivity index (χ0) is 25.2. The minimum atomic E-state index is -9.74. The van der Waals surface area contributed by atoms with Crippen molar-refractivity contribution in [1.82, 2.24) is 4.90 Å². The number of hydrogen-bond donors (Lipinski definition) is 0. The summed E-state index contributed by atoms with van der Waals surface area (Å²) in [7, 11) is -9.74. The average molecular weight is 514 g/mol. The van der Waals surface area contributed by atoms with Crippen molar-refractivity contribution in [2.24, 2.45) is 5.92 Å². The van der Waals surface area contributed by atoms with Gasteiger partial charge in [-0.3, -0.25) is 4.79 Å². The third-order valence-electron chi connectivity index (χ3n) is 6.33. The van der Waals surface area contributed by atoms with Crippen LogP contribution in [0.2, 0.25) is 0 Å². The van der Waals surface area contributed by atoms with E-state index in [1.54, 1.807) is 16.7 Å². The third kappa shape index (κ3) is 5.11. The van der Waals surface area contributed by atoms with E-state index in [-0.39, 0.29) is 11.8 Å². The van der Waals surface area contributed by atoms with Gasteiger partial charge in [0.2, 0.25) is 5.91 Å². The Hall–Kier alpha value is -2.50. The lowest BCUT2D eigenvalue weighted by Gasteiger charge is -2.40. The molecule has 188 valence electrons. The first-order chi connectivity index (χ1) is 15.4. The monoisotopic (exact) mass is 514 g/mol. The van der Waals surface area contributed by atoms with Gasteiger partial charge in [-0.05, 0) is 54.7 Å². The summed E-state index contributed by atoms with van der Waals surface area (Å²) < 4.78 is 104. The molecular weight excluding hydrogens is 492 g/mol. The molecule has 0 radical (unpaired) electrons. The van der Waals surface area contributed by atoms with E-state index in [2.05, 4.69) is 0 Å². The predicted molar refractivity (Wildman–Crippen MR) is 114 cm³/mol. The van der Waals surface area contributed by atoms with E-state index in [9.17, 15) is 37.4 Å². The van der Waals surface area contributed by atoms with Crippen LogP contribution in [0.5, 0.6) is 0 Å². The normalized spacial score (nSPS) is 23.3. The van der Waals surface area contributed by atoms with Gasteiger partial charge in [-0.2, -0.15) is 13.2 Å². The van der Waals surface area contributed by atoms with E-state index in [1.165, 1.54) is 6.07 Å². The Kier molecular flexibility index (Phi) is 5.25. The van der Waals surface area contributed by atoms with Crippen LogP contribution >= 0.6 is 10.2 Å². The molecule has 1 aliphatic carbocycles. The molecule has 34 heavy (non-hydrogen) atoms. The van der Waals surface area contributed by atoms with E-state index in [4.69, 9.17) is 0 Å². The predicted octanol–water partition coefficient (Wildman–Crippen LogP) is 7.12. The first-order valence-electron chi connectivity index (χ1n) is 10.5. The van der Waals surface area contributed by atoms with E-state index in [0.717, 1.165) is 24.3 Å². The highest BCUT2D eigenvalue weighted by Crippen LogP contribution is 3.02. The van der Waals surface area contributed by atoms with Crippen LogP contribution in [0.1, 0.15) is 29.0 Å². The van der Waals surface area contributed by atoms with Crippen molar-refractivity contribution < 1.29 is 37.4 Å². The average Bonchev–Trinajstić information content (AvgIpc) is 3.52. The maximum absolute atomic E-state index is 13.1. The van der Waals surface area contributed by atoms with Gasteiger partial charge in [0.25, 0.3) is 0 Å². The van der Waals surface area contributed by atoms with Crippen LogP contribution in [-0.2, 0) is 11.0 Å². The van der Waals surface area contributed by atoms with Gasteiger partial charge in [0.1, 0.15) is 4.90 Å². The van der Waals surface area contributed by atoms with Crippen LogP contribution in [0.15, 0.2) is 47.4 Å². The molecule has 1 saturated carbocycles. The lowest BCUT2D eigenvalue weighted by molar-refractivity contribution is -0.137. The number of hydrogen-bond acceptors (Lipinski definition) is 2. The van der Waals surface area contributed by atoms with Crippen molar-refractivity contribution in [2.45, 2.75) is 30.3 Å². The minimum absolute atomic E-state index is 0.192. The molecule has 12 heteroatoms. The van der Waals surface area contributed by atoms with Crippen molar-refractivity contribution in [3.8, 4) is 0 Å². The lowest BCUT2D eigenvalue weighted by atomic mass is 10.1. The van der Waals surface area contributed by atoms with Gasteiger partial charge in [0.15, 0.2) is 0 Å². The first kappa shape index (κ1) is 24.6. The fraction of sp³-hybridized carbons (Fsp3) is 0.409. The number of aryl methyl sites for hydroxylation is 1. The molecule has 0 aromatic heterocycles. The summed E-state index contributed by atoms with van der Waals surface area (Å²) >= 11 is 0. The second kappa shape index (κ2) is 7.25. The number of anilines is 1. The number of benzene rings is 2. The molecule has 0 spiro atoms. The molecule has 1 saturated heterocycles. The highest BCUT2D eigenvalue weighted by Gasteiger charge is 2.65. The Morgan fingerprint density at radius 3 is 2.03 bits per heavy atom. The summed E-state index contributed by atoms with van der Waals surface area (Å²) in [6, 6.07) is 6.21. The zero-order valence-electron chi connectivity index (χ0n) is 18.0. The second-order valence-electron chi connectivity index (χ2n) is 8.80. The molecule has 1 heterocycles. The van der Waals surface area contributed by atoms with Gasteiger partial charge in [0.05, 0.1) is 5.56 Å². The molecule has 2 aromatic rings. The van der Waals surface area contributed by atoms with Crippen LogP contribution in [0.4, 0.5) is 38.3 Å². The molecule has 4 rings (SSSR count). The van der Waals surface area contributed by atoms with Crippen LogP contribution in [0.25, 0.3) is 0 Å². The van der Waals surface area contributed by atoms with Crippen molar-refractivity contribution in [1.29, 1.82) is 0 Å². The molecule has 1 amide bonds. The Labute approximate surface area is 191 Å². The van der Waals surface area contributed by atoms with Gasteiger partial charge < -0.3 is 9.80 Å². The number of alkyl halides is 3. The number of carbonyl (C=O) groups excluding carboxylic acids is 1. The molecule has 0 bridgehead atoms. The summed E-state index contributed by atoms with van der Waals surface area (Å²) in [6.07, 6.45) is -4.06. The number of piperazine rings is 1. The van der Waals surface area contributed by atoms with Gasteiger partial charge in [-0.25, -0.2) is 0 Å². The fourth-order valence-corrected chi connectivity index (χ4v) is 4.99.